The van der Waals surface area contributed by atoms with Gasteiger partial charge in [-0.25, -0.2) is 0 Å². The summed E-state index contributed by atoms with van der Waals surface area (Å²) < 4.78 is 0. The number of nitrogens with zero attached hydrogens (tertiary/aromatic N) is 1. The maximum Gasteiger partial charge on any atom is 0.262 e. The van der Waals surface area contributed by atoms with Crippen LogP contribution in [0.2, 0.25) is 0 Å². The molecule has 0 fully saturated rings. The van der Waals surface area contributed by atoms with Gasteiger partial charge in [-0.05, 0) is 41.4 Å². The maximum atomic E-state index is 12.3. The van der Waals surface area contributed by atoms with Gasteiger partial charge in [0.2, 0.25) is 0 Å². The predicted octanol–water partition coefficient (Wildman–Crippen LogP) is 3.45. The zero-order valence-corrected chi connectivity index (χ0v) is 11.8. The van der Waals surface area contributed by atoms with Gasteiger partial charge in [0.05, 0.1) is 17.2 Å². The first-order valence-corrected chi connectivity index (χ1v) is 7.30. The molecule has 1 unspecified atom stereocenters. The predicted molar refractivity (Wildman–Crippen MR) is 79.8 cm³/mol. The molecule has 1 atom stereocenters. The van der Waals surface area contributed by atoms with Gasteiger partial charge in [0.15, 0.2) is 0 Å². The molecule has 3 rings (SSSR count). The average Bonchev–Trinajstić information content (AvgIpc) is 3.05. The van der Waals surface area contributed by atoms with Crippen molar-refractivity contribution in [2.75, 3.05) is 0 Å². The number of imide groups is 1. The molecule has 100 valence electrons. The number of benzene rings is 1. The van der Waals surface area contributed by atoms with Crippen LogP contribution in [0.15, 0.2) is 47.2 Å². The van der Waals surface area contributed by atoms with E-state index in [1.807, 2.05) is 35.9 Å². The van der Waals surface area contributed by atoms with Crippen molar-refractivity contribution in [2.24, 2.45) is 0 Å². The van der Waals surface area contributed by atoms with E-state index in [1.165, 1.54) is 4.90 Å². The topological polar surface area (TPSA) is 37.4 Å². The molecule has 1 aromatic heterocycles. The van der Waals surface area contributed by atoms with Crippen LogP contribution in [0, 0.1) is 0 Å². The molecule has 0 saturated heterocycles. The van der Waals surface area contributed by atoms with Gasteiger partial charge in [0.1, 0.15) is 0 Å². The Morgan fingerprint density at radius 1 is 1.10 bits per heavy atom. The molecule has 0 bridgehead atoms. The standard InChI is InChI=1S/C16H13NO2S/c1-11(6-7-12-8-9-20-10-12)17-15(18)13-4-2-3-5-14(13)16(17)19/h2-11H,1H3. The number of amides is 2. The van der Waals surface area contributed by atoms with Crippen molar-refractivity contribution >= 4 is 29.2 Å². The summed E-state index contributed by atoms with van der Waals surface area (Å²) in [7, 11) is 0. The summed E-state index contributed by atoms with van der Waals surface area (Å²) in [5.41, 5.74) is 2.07. The third-order valence-corrected chi connectivity index (χ3v) is 4.04. The first-order chi connectivity index (χ1) is 9.68. The van der Waals surface area contributed by atoms with Crippen LogP contribution in [0.1, 0.15) is 33.2 Å². The van der Waals surface area contributed by atoms with Gasteiger partial charge >= 0.3 is 0 Å². The van der Waals surface area contributed by atoms with Crippen molar-refractivity contribution in [3.63, 3.8) is 0 Å². The van der Waals surface area contributed by atoms with Gasteiger partial charge in [-0.15, -0.1) is 0 Å². The number of hydrogen-bond donors (Lipinski definition) is 0. The Bertz CT molecular complexity index is 653. The first-order valence-electron chi connectivity index (χ1n) is 6.36. The van der Waals surface area contributed by atoms with Crippen LogP contribution in [-0.2, 0) is 0 Å². The normalized spacial score (nSPS) is 15.9. The molecular weight excluding hydrogens is 270 g/mol. The molecule has 2 amide bonds. The van der Waals surface area contributed by atoms with Crippen LogP contribution in [0.5, 0.6) is 0 Å². The Hall–Kier alpha value is -2.20. The number of carbonyl (C=O) groups is 2. The summed E-state index contributed by atoms with van der Waals surface area (Å²) in [5.74, 6) is -0.430. The molecule has 0 aliphatic carbocycles. The summed E-state index contributed by atoms with van der Waals surface area (Å²) in [4.78, 5) is 25.9. The second-order valence-electron chi connectivity index (χ2n) is 4.68. The lowest BCUT2D eigenvalue weighted by molar-refractivity contribution is 0.0626. The van der Waals surface area contributed by atoms with E-state index >= 15 is 0 Å². The lowest BCUT2D eigenvalue weighted by atomic mass is 10.1. The van der Waals surface area contributed by atoms with E-state index in [0.717, 1.165) is 5.56 Å². The lowest BCUT2D eigenvalue weighted by Crippen LogP contribution is -2.36. The monoisotopic (exact) mass is 283 g/mol. The summed E-state index contributed by atoms with van der Waals surface area (Å²) in [6.07, 6.45) is 3.81. The van der Waals surface area contributed by atoms with E-state index in [2.05, 4.69) is 0 Å². The van der Waals surface area contributed by atoms with E-state index in [9.17, 15) is 9.59 Å². The molecule has 2 aromatic rings. The highest BCUT2D eigenvalue weighted by atomic mass is 32.1. The van der Waals surface area contributed by atoms with Crippen molar-refractivity contribution in [1.82, 2.24) is 4.90 Å². The van der Waals surface area contributed by atoms with Crippen LogP contribution in [-0.4, -0.2) is 22.8 Å². The van der Waals surface area contributed by atoms with Crippen LogP contribution in [0.4, 0.5) is 0 Å². The van der Waals surface area contributed by atoms with Crippen LogP contribution in [0.25, 0.3) is 6.08 Å². The molecule has 1 aliphatic heterocycles. The van der Waals surface area contributed by atoms with Crippen molar-refractivity contribution in [3.05, 3.63) is 63.9 Å². The minimum Gasteiger partial charge on any atom is -0.269 e. The van der Waals surface area contributed by atoms with Gasteiger partial charge in [0.25, 0.3) is 11.8 Å². The maximum absolute atomic E-state index is 12.3. The smallest absolute Gasteiger partial charge is 0.262 e. The van der Waals surface area contributed by atoms with E-state index in [0.29, 0.717) is 11.1 Å². The molecule has 20 heavy (non-hydrogen) atoms. The first kappa shape index (κ1) is 12.8. The summed E-state index contributed by atoms with van der Waals surface area (Å²) in [6.45, 7) is 1.85. The third-order valence-electron chi connectivity index (χ3n) is 3.34. The minimum absolute atomic E-state index is 0.215. The van der Waals surface area contributed by atoms with E-state index < -0.39 is 0 Å². The van der Waals surface area contributed by atoms with E-state index in [-0.39, 0.29) is 17.9 Å². The third kappa shape index (κ3) is 2.08. The van der Waals surface area contributed by atoms with Gasteiger partial charge in [-0.3, -0.25) is 14.5 Å². The molecule has 0 spiro atoms. The number of thiophene rings is 1. The highest BCUT2D eigenvalue weighted by Gasteiger charge is 2.37. The minimum atomic E-state index is -0.262. The Balaban J connectivity index is 1.85. The van der Waals surface area contributed by atoms with Crippen molar-refractivity contribution in [3.8, 4) is 0 Å². The molecule has 3 nitrogen and oxygen atoms in total. The van der Waals surface area contributed by atoms with Gasteiger partial charge in [-0.1, -0.05) is 24.3 Å². The van der Waals surface area contributed by atoms with Crippen molar-refractivity contribution in [1.29, 1.82) is 0 Å². The fourth-order valence-corrected chi connectivity index (χ4v) is 2.91. The van der Waals surface area contributed by atoms with Crippen molar-refractivity contribution < 1.29 is 9.59 Å². The molecule has 0 radical (unpaired) electrons. The summed E-state index contributed by atoms with van der Waals surface area (Å²) in [6, 6.07) is 8.69. The second-order valence-corrected chi connectivity index (χ2v) is 5.46. The van der Waals surface area contributed by atoms with E-state index in [1.54, 1.807) is 35.6 Å². The fraction of sp³-hybridized carbons (Fsp3) is 0.125. The zero-order valence-electron chi connectivity index (χ0n) is 10.9. The number of hydrogen-bond acceptors (Lipinski definition) is 3. The quantitative estimate of drug-likeness (QED) is 0.809. The van der Waals surface area contributed by atoms with Crippen LogP contribution in [0.3, 0.4) is 0 Å². The SMILES string of the molecule is CC(C=Cc1ccsc1)N1C(=O)c2ccccc2C1=O. The van der Waals surface area contributed by atoms with Gasteiger partial charge < -0.3 is 0 Å². The molecule has 0 N–H and O–H groups in total. The highest BCUT2D eigenvalue weighted by Crippen LogP contribution is 2.25. The van der Waals surface area contributed by atoms with Crippen LogP contribution >= 0.6 is 11.3 Å². The highest BCUT2D eigenvalue weighted by molar-refractivity contribution is 7.08. The van der Waals surface area contributed by atoms with Gasteiger partial charge in [-0.2, -0.15) is 11.3 Å². The summed E-state index contributed by atoms with van der Waals surface area (Å²) >= 11 is 1.62. The second kappa shape index (κ2) is 5.06. The van der Waals surface area contributed by atoms with Gasteiger partial charge in [0, 0.05) is 0 Å². The van der Waals surface area contributed by atoms with Crippen molar-refractivity contribution in [2.45, 2.75) is 13.0 Å². The largest absolute Gasteiger partial charge is 0.269 e. The molecule has 0 saturated carbocycles. The molecular formula is C16H13NO2S. The van der Waals surface area contributed by atoms with Crippen LogP contribution < -0.4 is 0 Å². The molecule has 1 aromatic carbocycles. The van der Waals surface area contributed by atoms with E-state index in [4.69, 9.17) is 0 Å². The Labute approximate surface area is 121 Å². The lowest BCUT2D eigenvalue weighted by Gasteiger charge is -2.19. The molecule has 4 heteroatoms. The molecule has 1 aliphatic rings. The Morgan fingerprint density at radius 3 is 2.30 bits per heavy atom. The average molecular weight is 283 g/mol. The zero-order chi connectivity index (χ0) is 14.1. The fourth-order valence-electron chi connectivity index (χ4n) is 2.28. The number of fused-ring (bicyclic) bond motifs is 1. The Kier molecular flexibility index (Phi) is 3.24. The molecule has 2 heterocycles. The Morgan fingerprint density at radius 2 is 1.75 bits per heavy atom. The number of rotatable bonds is 3. The number of carbonyl (C=O) groups excluding carboxylic acids is 2. The summed E-state index contributed by atoms with van der Waals surface area (Å²) in [5, 5.41) is 4.01.